The van der Waals surface area contributed by atoms with Crippen molar-refractivity contribution in [3.05, 3.63) is 17.8 Å². The molecule has 1 aromatic heterocycles. The van der Waals surface area contributed by atoms with Crippen LogP contribution in [-0.4, -0.2) is 16.7 Å². The first-order valence-corrected chi connectivity index (χ1v) is 6.81. The number of nitrogens with one attached hydrogen (secondary N) is 1. The molecule has 1 heterocycles. The van der Waals surface area contributed by atoms with Crippen molar-refractivity contribution in [1.82, 2.24) is 10.2 Å². The number of aryl methyl sites for hydroxylation is 1. The van der Waals surface area contributed by atoms with Gasteiger partial charge in [-0.2, -0.15) is 5.10 Å². The van der Waals surface area contributed by atoms with E-state index in [0.29, 0.717) is 0 Å². The predicted molar refractivity (Wildman–Crippen MR) is 71.0 cm³/mol. The molecule has 1 aliphatic rings. The Balaban J connectivity index is 1.76. The van der Waals surface area contributed by atoms with Gasteiger partial charge in [-0.15, -0.1) is 5.10 Å². The fraction of sp³-hybridized carbons (Fsp3) is 0.714. The molecule has 17 heavy (non-hydrogen) atoms. The van der Waals surface area contributed by atoms with E-state index < -0.39 is 0 Å². The quantitative estimate of drug-likeness (QED) is 0.866. The van der Waals surface area contributed by atoms with Gasteiger partial charge in [0, 0.05) is 6.54 Å². The molecule has 0 spiro atoms. The first-order valence-electron chi connectivity index (χ1n) is 6.81. The largest absolute Gasteiger partial charge is 0.368 e. The Kier molecular flexibility index (Phi) is 4.35. The zero-order valence-electron chi connectivity index (χ0n) is 10.9. The third-order valence-electron chi connectivity index (χ3n) is 3.91. The van der Waals surface area contributed by atoms with E-state index in [9.17, 15) is 0 Å². The number of hydrogen-bond donors (Lipinski definition) is 1. The molecule has 1 aliphatic carbocycles. The standard InChI is InChI=1S/C14H23N3/c1-3-12-4-6-13(7-5-12)10-15-14-8-11(2)9-16-17-14/h8-9,12-13H,3-7,10H2,1-2H3,(H,15,17). The Labute approximate surface area is 104 Å². The normalized spacial score (nSPS) is 24.6. The Morgan fingerprint density at radius 2 is 1.94 bits per heavy atom. The maximum atomic E-state index is 4.09. The second-order valence-corrected chi connectivity index (χ2v) is 5.29. The SMILES string of the molecule is CCC1CCC(CNc2cc(C)cnn2)CC1. The molecule has 3 heteroatoms. The van der Waals surface area contributed by atoms with Crippen molar-refractivity contribution < 1.29 is 0 Å². The van der Waals surface area contributed by atoms with E-state index in [1.165, 1.54) is 32.1 Å². The van der Waals surface area contributed by atoms with Crippen LogP contribution in [-0.2, 0) is 0 Å². The molecular formula is C14H23N3. The molecule has 0 aromatic carbocycles. The third kappa shape index (κ3) is 3.69. The van der Waals surface area contributed by atoms with Gasteiger partial charge in [-0.3, -0.25) is 0 Å². The smallest absolute Gasteiger partial charge is 0.148 e. The number of nitrogens with zero attached hydrogens (tertiary/aromatic N) is 2. The Morgan fingerprint density at radius 1 is 1.24 bits per heavy atom. The van der Waals surface area contributed by atoms with Gasteiger partial charge in [-0.25, -0.2) is 0 Å². The van der Waals surface area contributed by atoms with Crippen LogP contribution in [0.5, 0.6) is 0 Å². The fourth-order valence-electron chi connectivity index (χ4n) is 2.64. The van der Waals surface area contributed by atoms with Crippen LogP contribution in [0.1, 0.15) is 44.6 Å². The number of aromatic nitrogens is 2. The molecule has 94 valence electrons. The van der Waals surface area contributed by atoms with Gasteiger partial charge >= 0.3 is 0 Å². The lowest BCUT2D eigenvalue weighted by molar-refractivity contribution is 0.278. The van der Waals surface area contributed by atoms with E-state index in [1.807, 2.05) is 6.92 Å². The molecule has 1 fully saturated rings. The summed E-state index contributed by atoms with van der Waals surface area (Å²) in [4.78, 5) is 0. The van der Waals surface area contributed by atoms with E-state index >= 15 is 0 Å². The van der Waals surface area contributed by atoms with Gasteiger partial charge in [0.05, 0.1) is 6.20 Å². The molecular weight excluding hydrogens is 210 g/mol. The number of hydrogen-bond acceptors (Lipinski definition) is 3. The summed E-state index contributed by atoms with van der Waals surface area (Å²) < 4.78 is 0. The molecule has 0 aliphatic heterocycles. The summed E-state index contributed by atoms with van der Waals surface area (Å²) in [6.07, 6.45) is 8.68. The highest BCUT2D eigenvalue weighted by Gasteiger charge is 2.19. The Bertz CT molecular complexity index is 343. The lowest BCUT2D eigenvalue weighted by atomic mass is 9.81. The molecule has 0 atom stereocenters. The second-order valence-electron chi connectivity index (χ2n) is 5.29. The van der Waals surface area contributed by atoms with Gasteiger partial charge in [-0.05, 0) is 43.2 Å². The lowest BCUT2D eigenvalue weighted by Gasteiger charge is -2.27. The zero-order valence-corrected chi connectivity index (χ0v) is 10.9. The average Bonchev–Trinajstić information content (AvgIpc) is 2.37. The van der Waals surface area contributed by atoms with Crippen LogP contribution in [0.2, 0.25) is 0 Å². The van der Waals surface area contributed by atoms with Gasteiger partial charge in [0.1, 0.15) is 5.82 Å². The van der Waals surface area contributed by atoms with Crippen molar-refractivity contribution in [3.63, 3.8) is 0 Å². The summed E-state index contributed by atoms with van der Waals surface area (Å²) in [5.41, 5.74) is 1.16. The summed E-state index contributed by atoms with van der Waals surface area (Å²) in [5.74, 6) is 2.72. The van der Waals surface area contributed by atoms with Crippen molar-refractivity contribution in [2.75, 3.05) is 11.9 Å². The molecule has 0 saturated heterocycles. The van der Waals surface area contributed by atoms with E-state index in [4.69, 9.17) is 0 Å². The molecule has 1 N–H and O–H groups in total. The van der Waals surface area contributed by atoms with Crippen LogP contribution in [0.3, 0.4) is 0 Å². The minimum atomic E-state index is 0.820. The van der Waals surface area contributed by atoms with Crippen LogP contribution >= 0.6 is 0 Å². The van der Waals surface area contributed by atoms with E-state index in [2.05, 4.69) is 28.5 Å². The first kappa shape index (κ1) is 12.3. The zero-order chi connectivity index (χ0) is 12.1. The maximum Gasteiger partial charge on any atom is 0.148 e. The van der Waals surface area contributed by atoms with Crippen molar-refractivity contribution in [3.8, 4) is 0 Å². The predicted octanol–water partition coefficient (Wildman–Crippen LogP) is 3.41. The minimum Gasteiger partial charge on any atom is -0.368 e. The summed E-state index contributed by atoms with van der Waals surface area (Å²) in [7, 11) is 0. The molecule has 1 aromatic rings. The van der Waals surface area contributed by atoms with Crippen molar-refractivity contribution in [1.29, 1.82) is 0 Å². The van der Waals surface area contributed by atoms with Gasteiger partial charge < -0.3 is 5.32 Å². The Morgan fingerprint density at radius 3 is 2.59 bits per heavy atom. The van der Waals surface area contributed by atoms with Crippen LogP contribution in [0, 0.1) is 18.8 Å². The van der Waals surface area contributed by atoms with Gasteiger partial charge in [0.2, 0.25) is 0 Å². The molecule has 0 amide bonds. The Hall–Kier alpha value is -1.12. The summed E-state index contributed by atoms with van der Waals surface area (Å²) >= 11 is 0. The van der Waals surface area contributed by atoms with Crippen LogP contribution in [0.15, 0.2) is 12.3 Å². The third-order valence-corrected chi connectivity index (χ3v) is 3.91. The van der Waals surface area contributed by atoms with E-state index in [-0.39, 0.29) is 0 Å². The van der Waals surface area contributed by atoms with Crippen LogP contribution in [0.25, 0.3) is 0 Å². The summed E-state index contributed by atoms with van der Waals surface area (Å²) in [6.45, 7) is 5.41. The number of rotatable bonds is 4. The van der Waals surface area contributed by atoms with Crippen molar-refractivity contribution in [2.45, 2.75) is 46.0 Å². The molecule has 0 radical (unpaired) electrons. The maximum absolute atomic E-state index is 4.09. The highest BCUT2D eigenvalue weighted by atomic mass is 15.2. The van der Waals surface area contributed by atoms with E-state index in [1.54, 1.807) is 6.20 Å². The molecule has 1 saturated carbocycles. The van der Waals surface area contributed by atoms with Crippen LogP contribution < -0.4 is 5.32 Å². The number of anilines is 1. The van der Waals surface area contributed by atoms with Gasteiger partial charge in [0.15, 0.2) is 0 Å². The summed E-state index contributed by atoms with van der Waals surface area (Å²) in [5, 5.41) is 11.5. The van der Waals surface area contributed by atoms with Crippen molar-refractivity contribution >= 4 is 5.82 Å². The first-order chi connectivity index (χ1) is 8.28. The lowest BCUT2D eigenvalue weighted by Crippen LogP contribution is -2.21. The molecule has 0 unspecified atom stereocenters. The van der Waals surface area contributed by atoms with Crippen molar-refractivity contribution in [2.24, 2.45) is 11.8 Å². The highest BCUT2D eigenvalue weighted by molar-refractivity contribution is 5.34. The monoisotopic (exact) mass is 233 g/mol. The highest BCUT2D eigenvalue weighted by Crippen LogP contribution is 2.30. The van der Waals surface area contributed by atoms with Crippen LogP contribution in [0.4, 0.5) is 5.82 Å². The topological polar surface area (TPSA) is 37.8 Å². The van der Waals surface area contributed by atoms with E-state index in [0.717, 1.165) is 29.8 Å². The fourth-order valence-corrected chi connectivity index (χ4v) is 2.64. The van der Waals surface area contributed by atoms with Gasteiger partial charge in [-0.1, -0.05) is 26.2 Å². The molecule has 3 nitrogen and oxygen atoms in total. The second kappa shape index (κ2) is 5.99. The molecule has 0 bridgehead atoms. The summed E-state index contributed by atoms with van der Waals surface area (Å²) in [6, 6.07) is 2.06. The minimum absolute atomic E-state index is 0.820. The average molecular weight is 233 g/mol. The molecule has 2 rings (SSSR count). The van der Waals surface area contributed by atoms with Gasteiger partial charge in [0.25, 0.3) is 0 Å².